The Balaban J connectivity index is 2.90. The molecule has 0 saturated carbocycles. The highest BCUT2D eigenvalue weighted by Crippen LogP contribution is 2.22. The summed E-state index contributed by atoms with van der Waals surface area (Å²) in [7, 11) is 0. The molecule has 2 rings (SSSR count). The first kappa shape index (κ1) is 8.40. The zero-order chi connectivity index (χ0) is 9.42. The Kier molecular flexibility index (Phi) is 1.90. The molecule has 66 valence electrons. The van der Waals surface area contributed by atoms with Crippen molar-refractivity contribution < 1.29 is 4.79 Å². The third kappa shape index (κ3) is 1.36. The molecule has 0 aliphatic carbocycles. The number of hydrogen-bond acceptors (Lipinski definition) is 3. The van der Waals surface area contributed by atoms with Gasteiger partial charge in [0, 0.05) is 0 Å². The van der Waals surface area contributed by atoms with Gasteiger partial charge >= 0.3 is 0 Å². The minimum Gasteiger partial charge on any atom is -0.366 e. The summed E-state index contributed by atoms with van der Waals surface area (Å²) in [4.78, 5) is 13.9. The van der Waals surface area contributed by atoms with Gasteiger partial charge in [0.1, 0.15) is 0 Å². The number of nitrogens with one attached hydrogen (secondary N) is 1. The Bertz CT molecular complexity index is 526. The Morgan fingerprint density at radius 2 is 2.31 bits per heavy atom. The van der Waals surface area contributed by atoms with Crippen LogP contribution in [0.15, 0.2) is 18.2 Å². The Hall–Kier alpha value is -1.20. The average Bonchev–Trinajstić information content (AvgIpc) is 2.43. The van der Waals surface area contributed by atoms with Gasteiger partial charge in [0.05, 0.1) is 15.8 Å². The van der Waals surface area contributed by atoms with Gasteiger partial charge in [0.25, 0.3) is 5.91 Å². The van der Waals surface area contributed by atoms with E-state index in [-0.39, 0.29) is 0 Å². The third-order valence-corrected chi connectivity index (χ3v) is 2.92. The number of thiazole rings is 1. The highest BCUT2D eigenvalue weighted by Gasteiger charge is 2.07. The zero-order valence-electron chi connectivity index (χ0n) is 6.53. The maximum absolute atomic E-state index is 11.0. The molecule has 5 heteroatoms. The van der Waals surface area contributed by atoms with Crippen LogP contribution >= 0.6 is 23.6 Å². The van der Waals surface area contributed by atoms with Crippen molar-refractivity contribution in [2.75, 3.05) is 0 Å². The van der Waals surface area contributed by atoms with E-state index in [0.29, 0.717) is 9.52 Å². The highest BCUT2D eigenvalue weighted by molar-refractivity contribution is 7.73. The van der Waals surface area contributed by atoms with Crippen LogP contribution in [0.5, 0.6) is 0 Å². The molecule has 1 amide bonds. The van der Waals surface area contributed by atoms with E-state index in [9.17, 15) is 4.79 Å². The van der Waals surface area contributed by atoms with Crippen molar-refractivity contribution in [3.05, 3.63) is 27.7 Å². The van der Waals surface area contributed by atoms with E-state index in [2.05, 4.69) is 4.98 Å². The smallest absolute Gasteiger partial charge is 0.250 e. The molecule has 0 aliphatic rings. The van der Waals surface area contributed by atoms with Crippen molar-refractivity contribution in [2.45, 2.75) is 0 Å². The molecule has 0 unspecified atom stereocenters. The van der Waals surface area contributed by atoms with Gasteiger partial charge in [-0.2, -0.15) is 0 Å². The van der Waals surface area contributed by atoms with Crippen LogP contribution in [0.4, 0.5) is 0 Å². The van der Waals surface area contributed by atoms with Gasteiger partial charge in [-0.25, -0.2) is 0 Å². The quantitative estimate of drug-likeness (QED) is 0.708. The second-order valence-electron chi connectivity index (χ2n) is 2.56. The van der Waals surface area contributed by atoms with Crippen LogP contribution in [0.25, 0.3) is 10.2 Å². The molecule has 3 N–H and O–H groups in total. The van der Waals surface area contributed by atoms with Crippen molar-refractivity contribution in [2.24, 2.45) is 5.73 Å². The fourth-order valence-corrected chi connectivity index (χ4v) is 2.31. The summed E-state index contributed by atoms with van der Waals surface area (Å²) in [5.74, 6) is -0.436. The number of aromatic amines is 1. The number of amides is 1. The topological polar surface area (TPSA) is 58.9 Å². The standard InChI is InChI=1S/C8H6N2OS2/c9-7(11)4-2-1-3-5-6(4)10-8(12)13-5/h1-3H,(H2,9,11)(H,10,12). The third-order valence-electron chi connectivity index (χ3n) is 1.72. The lowest BCUT2D eigenvalue weighted by Crippen LogP contribution is -2.11. The number of nitrogens with two attached hydrogens (primary N) is 1. The van der Waals surface area contributed by atoms with Gasteiger partial charge in [-0.05, 0) is 24.4 Å². The molecule has 2 aromatic rings. The predicted molar refractivity (Wildman–Crippen MR) is 55.5 cm³/mol. The molecule has 0 bridgehead atoms. The van der Waals surface area contributed by atoms with E-state index in [1.807, 2.05) is 6.07 Å². The second-order valence-corrected chi connectivity index (χ2v) is 4.28. The SMILES string of the molecule is NC(=O)c1cccc2sc(=S)[nH]c12. The predicted octanol–water partition coefficient (Wildman–Crippen LogP) is 2.06. The van der Waals surface area contributed by atoms with Crippen molar-refractivity contribution in [1.82, 2.24) is 4.98 Å². The van der Waals surface area contributed by atoms with E-state index in [1.54, 1.807) is 12.1 Å². The Morgan fingerprint density at radius 1 is 1.54 bits per heavy atom. The molecule has 0 atom stereocenters. The largest absolute Gasteiger partial charge is 0.366 e. The summed E-state index contributed by atoms with van der Waals surface area (Å²) in [6, 6.07) is 5.38. The van der Waals surface area contributed by atoms with Gasteiger partial charge in [-0.1, -0.05) is 6.07 Å². The van der Waals surface area contributed by atoms with Gasteiger partial charge in [-0.15, -0.1) is 11.3 Å². The number of aromatic nitrogens is 1. The van der Waals surface area contributed by atoms with Crippen LogP contribution in [-0.4, -0.2) is 10.9 Å². The number of H-pyrrole nitrogens is 1. The van der Waals surface area contributed by atoms with Crippen LogP contribution in [-0.2, 0) is 0 Å². The lowest BCUT2D eigenvalue weighted by Gasteiger charge is -1.95. The fraction of sp³-hybridized carbons (Fsp3) is 0. The van der Waals surface area contributed by atoms with E-state index < -0.39 is 5.91 Å². The van der Waals surface area contributed by atoms with Gasteiger partial charge in [-0.3, -0.25) is 4.79 Å². The Morgan fingerprint density at radius 3 is 3.00 bits per heavy atom. The number of para-hydroxylation sites is 1. The molecule has 1 heterocycles. The number of hydrogen-bond donors (Lipinski definition) is 2. The van der Waals surface area contributed by atoms with E-state index in [1.165, 1.54) is 11.3 Å². The lowest BCUT2D eigenvalue weighted by atomic mass is 10.2. The van der Waals surface area contributed by atoms with Crippen molar-refractivity contribution in [3.8, 4) is 0 Å². The molecule has 3 nitrogen and oxygen atoms in total. The van der Waals surface area contributed by atoms with Crippen molar-refractivity contribution in [1.29, 1.82) is 0 Å². The Labute approximate surface area is 83.2 Å². The number of carbonyl (C=O) groups is 1. The molecular weight excluding hydrogens is 204 g/mol. The first-order valence-corrected chi connectivity index (χ1v) is 4.82. The summed E-state index contributed by atoms with van der Waals surface area (Å²) in [6.45, 7) is 0. The summed E-state index contributed by atoms with van der Waals surface area (Å²) in [6.07, 6.45) is 0. The van der Waals surface area contributed by atoms with Crippen molar-refractivity contribution in [3.63, 3.8) is 0 Å². The van der Waals surface area contributed by atoms with Crippen molar-refractivity contribution >= 4 is 39.7 Å². The van der Waals surface area contributed by atoms with Crippen LogP contribution < -0.4 is 5.73 Å². The molecule has 0 fully saturated rings. The minimum absolute atomic E-state index is 0.436. The normalized spacial score (nSPS) is 10.5. The van der Waals surface area contributed by atoms with E-state index >= 15 is 0 Å². The zero-order valence-corrected chi connectivity index (χ0v) is 8.17. The molecular formula is C8H6N2OS2. The highest BCUT2D eigenvalue weighted by atomic mass is 32.1. The number of primary amides is 1. The second kappa shape index (κ2) is 2.93. The van der Waals surface area contributed by atoms with E-state index in [0.717, 1.165) is 10.2 Å². The van der Waals surface area contributed by atoms with Crippen LogP contribution in [0.3, 0.4) is 0 Å². The fourth-order valence-electron chi connectivity index (χ4n) is 1.18. The average molecular weight is 210 g/mol. The van der Waals surface area contributed by atoms with Gasteiger partial charge < -0.3 is 10.7 Å². The van der Waals surface area contributed by atoms with E-state index in [4.69, 9.17) is 18.0 Å². The molecule has 0 aliphatic heterocycles. The van der Waals surface area contributed by atoms with Crippen LogP contribution in [0.2, 0.25) is 0 Å². The van der Waals surface area contributed by atoms with Gasteiger partial charge in [0.15, 0.2) is 3.95 Å². The maximum atomic E-state index is 11.0. The minimum atomic E-state index is -0.436. The molecule has 0 saturated heterocycles. The summed E-state index contributed by atoms with van der Waals surface area (Å²) in [5, 5.41) is 0. The molecule has 1 aromatic carbocycles. The first-order valence-electron chi connectivity index (χ1n) is 3.60. The van der Waals surface area contributed by atoms with Crippen LogP contribution in [0, 0.1) is 3.95 Å². The number of fused-ring (bicyclic) bond motifs is 1. The van der Waals surface area contributed by atoms with Crippen LogP contribution in [0.1, 0.15) is 10.4 Å². The molecule has 13 heavy (non-hydrogen) atoms. The summed E-state index contributed by atoms with van der Waals surface area (Å²) in [5.41, 5.74) is 6.43. The monoisotopic (exact) mass is 210 g/mol. The summed E-state index contributed by atoms with van der Waals surface area (Å²) >= 11 is 6.41. The maximum Gasteiger partial charge on any atom is 0.250 e. The number of carbonyl (C=O) groups excluding carboxylic acids is 1. The number of benzene rings is 1. The molecule has 0 spiro atoms. The first-order chi connectivity index (χ1) is 6.18. The molecule has 1 aromatic heterocycles. The summed E-state index contributed by atoms with van der Waals surface area (Å²) < 4.78 is 1.62. The molecule has 0 radical (unpaired) electrons. The number of rotatable bonds is 1. The van der Waals surface area contributed by atoms with Gasteiger partial charge in [0.2, 0.25) is 0 Å². The lowest BCUT2D eigenvalue weighted by molar-refractivity contribution is 0.100.